The van der Waals surface area contributed by atoms with E-state index in [1.165, 1.54) is 18.3 Å². The van der Waals surface area contributed by atoms with Gasteiger partial charge in [0.05, 0.1) is 7.11 Å². The summed E-state index contributed by atoms with van der Waals surface area (Å²) in [7, 11) is -2.17. The molecule has 1 heterocycles. The quantitative estimate of drug-likeness (QED) is 0.836. The van der Waals surface area contributed by atoms with E-state index in [1.54, 1.807) is 17.0 Å². The van der Waals surface area contributed by atoms with Crippen LogP contribution >= 0.6 is 0 Å². The summed E-state index contributed by atoms with van der Waals surface area (Å²) >= 11 is 0. The van der Waals surface area contributed by atoms with Crippen LogP contribution in [0.1, 0.15) is 32.3 Å². The fourth-order valence-corrected chi connectivity index (χ4v) is 4.25. The second-order valence-corrected chi connectivity index (χ2v) is 7.88. The van der Waals surface area contributed by atoms with Crippen molar-refractivity contribution in [3.8, 4) is 5.75 Å². The van der Waals surface area contributed by atoms with E-state index in [4.69, 9.17) is 4.74 Å². The molecule has 128 valence electrons. The molecule has 1 amide bonds. The van der Waals surface area contributed by atoms with Crippen molar-refractivity contribution in [2.45, 2.75) is 31.6 Å². The van der Waals surface area contributed by atoms with Gasteiger partial charge in [0, 0.05) is 33.1 Å². The summed E-state index contributed by atoms with van der Waals surface area (Å²) in [5, 5.41) is 0. The molecule has 1 fully saturated rings. The predicted octanol–water partition coefficient (Wildman–Crippen LogP) is 1.67. The summed E-state index contributed by atoms with van der Waals surface area (Å²) in [6.07, 6.45) is 0. The highest BCUT2D eigenvalue weighted by molar-refractivity contribution is 7.89. The van der Waals surface area contributed by atoms with Crippen LogP contribution in [-0.4, -0.2) is 56.8 Å². The molecular formula is C16H24N2O4S. The van der Waals surface area contributed by atoms with Gasteiger partial charge in [-0.15, -0.1) is 0 Å². The van der Waals surface area contributed by atoms with Crippen molar-refractivity contribution in [1.82, 2.24) is 9.21 Å². The van der Waals surface area contributed by atoms with E-state index in [0.717, 1.165) is 5.56 Å². The maximum Gasteiger partial charge on any atom is 0.246 e. The molecule has 0 radical (unpaired) electrons. The number of carbonyl (C=O) groups excluding carboxylic acids is 1. The first-order chi connectivity index (χ1) is 10.8. The minimum atomic E-state index is -3.64. The number of ether oxygens (including phenoxy) is 1. The summed E-state index contributed by atoms with van der Waals surface area (Å²) in [5.74, 6) is 0.550. The van der Waals surface area contributed by atoms with Crippen molar-refractivity contribution >= 4 is 15.9 Å². The normalized spacial score (nSPS) is 16.7. The predicted molar refractivity (Wildman–Crippen MR) is 88.1 cm³/mol. The number of hydrogen-bond donors (Lipinski definition) is 0. The molecular weight excluding hydrogens is 316 g/mol. The van der Waals surface area contributed by atoms with Gasteiger partial charge in [0.1, 0.15) is 10.6 Å². The number of nitrogens with zero attached hydrogens (tertiary/aromatic N) is 2. The van der Waals surface area contributed by atoms with Crippen molar-refractivity contribution in [3.05, 3.63) is 23.8 Å². The van der Waals surface area contributed by atoms with Crippen molar-refractivity contribution in [2.24, 2.45) is 0 Å². The van der Waals surface area contributed by atoms with Crippen LogP contribution in [0.25, 0.3) is 0 Å². The molecule has 7 heteroatoms. The maximum atomic E-state index is 13.0. The number of amides is 1. The summed E-state index contributed by atoms with van der Waals surface area (Å²) < 4.78 is 32.6. The molecule has 0 bridgehead atoms. The third kappa shape index (κ3) is 3.67. The van der Waals surface area contributed by atoms with Gasteiger partial charge in [0.2, 0.25) is 15.9 Å². The Hall–Kier alpha value is -1.60. The Morgan fingerprint density at radius 1 is 1.17 bits per heavy atom. The monoisotopic (exact) mass is 340 g/mol. The van der Waals surface area contributed by atoms with Crippen LogP contribution in [0.4, 0.5) is 0 Å². The fourth-order valence-electron chi connectivity index (χ4n) is 2.64. The number of piperazine rings is 1. The van der Waals surface area contributed by atoms with Gasteiger partial charge in [0.25, 0.3) is 0 Å². The number of methoxy groups -OCH3 is 1. The van der Waals surface area contributed by atoms with Gasteiger partial charge in [-0.1, -0.05) is 19.9 Å². The molecule has 23 heavy (non-hydrogen) atoms. The first kappa shape index (κ1) is 17.7. The lowest BCUT2D eigenvalue weighted by atomic mass is 10.0. The lowest BCUT2D eigenvalue weighted by Gasteiger charge is -2.33. The molecule has 0 aromatic heterocycles. The van der Waals surface area contributed by atoms with Crippen molar-refractivity contribution in [1.29, 1.82) is 0 Å². The Bertz CT molecular complexity index is 677. The fraction of sp³-hybridized carbons (Fsp3) is 0.562. The molecule has 0 unspecified atom stereocenters. The molecule has 0 atom stereocenters. The van der Waals surface area contributed by atoms with Crippen LogP contribution in [0.3, 0.4) is 0 Å². The molecule has 1 aliphatic heterocycles. The summed E-state index contributed by atoms with van der Waals surface area (Å²) in [5.41, 5.74) is 0.951. The molecule has 2 rings (SSSR count). The number of benzene rings is 1. The van der Waals surface area contributed by atoms with Gasteiger partial charge in [-0.25, -0.2) is 8.42 Å². The second-order valence-electron chi connectivity index (χ2n) is 5.98. The topological polar surface area (TPSA) is 66.9 Å². The molecule has 6 nitrogen and oxygen atoms in total. The van der Waals surface area contributed by atoms with Crippen LogP contribution in [0.5, 0.6) is 5.75 Å². The van der Waals surface area contributed by atoms with Gasteiger partial charge in [0.15, 0.2) is 0 Å². The highest BCUT2D eigenvalue weighted by Crippen LogP contribution is 2.30. The van der Waals surface area contributed by atoms with E-state index in [9.17, 15) is 13.2 Å². The lowest BCUT2D eigenvalue weighted by molar-refractivity contribution is -0.129. The van der Waals surface area contributed by atoms with E-state index in [2.05, 4.69) is 0 Å². The van der Waals surface area contributed by atoms with Gasteiger partial charge in [-0.2, -0.15) is 4.31 Å². The van der Waals surface area contributed by atoms with Gasteiger partial charge < -0.3 is 9.64 Å². The van der Waals surface area contributed by atoms with E-state index in [-0.39, 0.29) is 16.7 Å². The third-order valence-electron chi connectivity index (χ3n) is 4.16. The molecule has 0 saturated carbocycles. The molecule has 1 aromatic carbocycles. The van der Waals surface area contributed by atoms with Crippen molar-refractivity contribution in [3.63, 3.8) is 0 Å². The SMILES string of the molecule is COc1ccc(C(C)C)cc1S(=O)(=O)N1CCN(C(C)=O)CC1. The zero-order chi connectivity index (χ0) is 17.2. The van der Waals surface area contributed by atoms with Gasteiger partial charge >= 0.3 is 0 Å². The Balaban J connectivity index is 2.32. The summed E-state index contributed by atoms with van der Waals surface area (Å²) in [6, 6.07) is 5.28. The minimum absolute atomic E-state index is 0.0265. The van der Waals surface area contributed by atoms with E-state index >= 15 is 0 Å². The van der Waals surface area contributed by atoms with Crippen LogP contribution < -0.4 is 4.74 Å². The smallest absolute Gasteiger partial charge is 0.246 e. The Labute approximate surface area is 138 Å². The summed E-state index contributed by atoms with van der Waals surface area (Å²) in [6.45, 7) is 6.97. The Morgan fingerprint density at radius 3 is 2.26 bits per heavy atom. The van der Waals surface area contributed by atoms with Crippen molar-refractivity contribution < 1.29 is 17.9 Å². The summed E-state index contributed by atoms with van der Waals surface area (Å²) in [4.78, 5) is 13.2. The minimum Gasteiger partial charge on any atom is -0.495 e. The van der Waals surface area contributed by atoms with E-state index in [1.807, 2.05) is 19.9 Å². The van der Waals surface area contributed by atoms with Crippen LogP contribution in [0.15, 0.2) is 23.1 Å². The lowest BCUT2D eigenvalue weighted by Crippen LogP contribution is -2.49. The van der Waals surface area contributed by atoms with Crippen molar-refractivity contribution in [2.75, 3.05) is 33.3 Å². The second kappa shape index (κ2) is 6.88. The maximum absolute atomic E-state index is 13.0. The highest BCUT2D eigenvalue weighted by Gasteiger charge is 2.31. The first-order valence-corrected chi connectivity index (χ1v) is 9.15. The number of hydrogen-bond acceptors (Lipinski definition) is 4. The van der Waals surface area contributed by atoms with Gasteiger partial charge in [-0.3, -0.25) is 4.79 Å². The largest absolute Gasteiger partial charge is 0.495 e. The van der Waals surface area contributed by atoms with E-state index in [0.29, 0.717) is 31.9 Å². The van der Waals surface area contributed by atoms with Crippen LogP contribution in [0.2, 0.25) is 0 Å². The first-order valence-electron chi connectivity index (χ1n) is 7.71. The van der Waals surface area contributed by atoms with Gasteiger partial charge in [-0.05, 0) is 23.6 Å². The molecule has 1 aromatic rings. The highest BCUT2D eigenvalue weighted by atomic mass is 32.2. The van der Waals surface area contributed by atoms with E-state index < -0.39 is 10.0 Å². The average molecular weight is 340 g/mol. The molecule has 1 aliphatic rings. The number of carbonyl (C=O) groups is 1. The Morgan fingerprint density at radius 2 is 1.78 bits per heavy atom. The molecule has 0 aliphatic carbocycles. The number of sulfonamides is 1. The standard InChI is InChI=1S/C16H24N2O4S/c1-12(2)14-5-6-15(22-4)16(11-14)23(20,21)18-9-7-17(8-10-18)13(3)19/h5-6,11-12H,7-10H2,1-4H3. The van der Waals surface area contributed by atoms with Crippen LogP contribution in [0, 0.1) is 0 Å². The third-order valence-corrected chi connectivity index (χ3v) is 6.08. The molecule has 0 N–H and O–H groups in total. The zero-order valence-electron chi connectivity index (χ0n) is 14.1. The molecule has 0 spiro atoms. The molecule has 1 saturated heterocycles. The zero-order valence-corrected chi connectivity index (χ0v) is 14.9. The number of rotatable bonds is 4. The Kier molecular flexibility index (Phi) is 5.31. The average Bonchev–Trinajstić information content (AvgIpc) is 2.54. The van der Waals surface area contributed by atoms with Crippen LogP contribution in [-0.2, 0) is 14.8 Å².